The summed E-state index contributed by atoms with van der Waals surface area (Å²) in [6.45, 7) is 0.587. The van der Waals surface area contributed by atoms with Crippen LogP contribution in [0, 0.1) is 0 Å². The molecule has 5 rings (SSSR count). The number of aromatic nitrogens is 5. The van der Waals surface area contributed by atoms with Gasteiger partial charge in [-0.3, -0.25) is 10.1 Å². The van der Waals surface area contributed by atoms with E-state index in [2.05, 4.69) is 25.5 Å². The lowest BCUT2D eigenvalue weighted by Gasteiger charge is -2.07. The van der Waals surface area contributed by atoms with Crippen LogP contribution in [0.15, 0.2) is 72.2 Å². The van der Waals surface area contributed by atoms with E-state index < -0.39 is 0 Å². The quantitative estimate of drug-likeness (QED) is 0.457. The number of aromatic amines is 1. The summed E-state index contributed by atoms with van der Waals surface area (Å²) in [4.78, 5) is 14.7. The average Bonchev–Trinajstić information content (AvgIpc) is 3.43. The van der Waals surface area contributed by atoms with Crippen LogP contribution >= 0.6 is 11.3 Å². The summed E-state index contributed by atoms with van der Waals surface area (Å²) in [5.74, 6) is 1.41. The van der Waals surface area contributed by atoms with E-state index in [1.54, 1.807) is 17.5 Å². The van der Waals surface area contributed by atoms with Gasteiger partial charge in [-0.1, -0.05) is 36.4 Å². The molecular formula is C21H16N6S. The predicted octanol–water partition coefficient (Wildman–Crippen LogP) is 4.76. The zero-order valence-electron chi connectivity index (χ0n) is 14.8. The number of benzene rings is 1. The summed E-state index contributed by atoms with van der Waals surface area (Å²) in [6.07, 6.45) is 1.75. The van der Waals surface area contributed by atoms with Gasteiger partial charge in [0.2, 0.25) is 0 Å². The second-order valence-corrected chi connectivity index (χ2v) is 7.14. The van der Waals surface area contributed by atoms with Crippen LogP contribution in [0.2, 0.25) is 0 Å². The molecule has 7 heteroatoms. The minimum absolute atomic E-state index is 0.587. The molecule has 2 N–H and O–H groups in total. The van der Waals surface area contributed by atoms with Crippen molar-refractivity contribution >= 4 is 27.4 Å². The Hall–Kier alpha value is -3.58. The van der Waals surface area contributed by atoms with Gasteiger partial charge >= 0.3 is 0 Å². The van der Waals surface area contributed by atoms with Gasteiger partial charge < -0.3 is 5.32 Å². The summed E-state index contributed by atoms with van der Waals surface area (Å²) >= 11 is 1.59. The van der Waals surface area contributed by atoms with Gasteiger partial charge in [0.25, 0.3) is 0 Å². The van der Waals surface area contributed by atoms with Crippen molar-refractivity contribution in [3.05, 3.63) is 77.9 Å². The summed E-state index contributed by atoms with van der Waals surface area (Å²) in [7, 11) is 0. The van der Waals surface area contributed by atoms with Gasteiger partial charge in [-0.2, -0.15) is 5.10 Å². The molecule has 0 unspecified atom stereocenters. The molecule has 4 heterocycles. The van der Waals surface area contributed by atoms with E-state index in [0.717, 1.165) is 38.7 Å². The number of H-pyrrole nitrogens is 1. The fraction of sp³-hybridized carbons (Fsp3) is 0.0476. The Labute approximate surface area is 165 Å². The van der Waals surface area contributed by atoms with Crippen molar-refractivity contribution in [2.24, 2.45) is 0 Å². The van der Waals surface area contributed by atoms with E-state index in [4.69, 9.17) is 4.98 Å². The molecule has 0 aliphatic rings. The molecule has 0 saturated carbocycles. The Balaban J connectivity index is 1.42. The highest BCUT2D eigenvalue weighted by molar-refractivity contribution is 7.16. The largest absolute Gasteiger partial charge is 0.364 e. The monoisotopic (exact) mass is 384 g/mol. The first-order valence-corrected chi connectivity index (χ1v) is 9.75. The van der Waals surface area contributed by atoms with Gasteiger partial charge in [0.15, 0.2) is 5.82 Å². The molecule has 6 nitrogen and oxygen atoms in total. The summed E-state index contributed by atoms with van der Waals surface area (Å²) < 4.78 is 0. The maximum atomic E-state index is 4.71. The number of rotatable bonds is 5. The second kappa shape index (κ2) is 7.21. The molecule has 0 radical (unpaired) electrons. The van der Waals surface area contributed by atoms with Crippen molar-refractivity contribution in [2.45, 2.75) is 6.54 Å². The zero-order chi connectivity index (χ0) is 18.8. The van der Waals surface area contributed by atoms with E-state index in [-0.39, 0.29) is 0 Å². The Morgan fingerprint density at radius 2 is 1.82 bits per heavy atom. The minimum Gasteiger partial charge on any atom is -0.364 e. The molecule has 0 saturated heterocycles. The van der Waals surface area contributed by atoms with E-state index in [1.165, 1.54) is 0 Å². The average molecular weight is 384 g/mol. The van der Waals surface area contributed by atoms with Crippen LogP contribution in [-0.4, -0.2) is 25.1 Å². The lowest BCUT2D eigenvalue weighted by molar-refractivity contribution is 0.976. The Morgan fingerprint density at radius 1 is 0.929 bits per heavy atom. The Morgan fingerprint density at radius 3 is 2.68 bits per heavy atom. The summed E-state index contributed by atoms with van der Waals surface area (Å²) in [5, 5.41) is 14.0. The van der Waals surface area contributed by atoms with Crippen molar-refractivity contribution in [2.75, 3.05) is 5.32 Å². The van der Waals surface area contributed by atoms with Crippen LogP contribution in [0.5, 0.6) is 0 Å². The molecule has 0 bridgehead atoms. The van der Waals surface area contributed by atoms with Crippen LogP contribution in [0.1, 0.15) is 5.69 Å². The zero-order valence-corrected chi connectivity index (χ0v) is 15.6. The molecule has 28 heavy (non-hydrogen) atoms. The third-order valence-corrected chi connectivity index (χ3v) is 5.17. The van der Waals surface area contributed by atoms with Crippen molar-refractivity contribution in [3.8, 4) is 22.8 Å². The smallest absolute Gasteiger partial charge is 0.181 e. The number of fused-ring (bicyclic) bond motifs is 1. The molecule has 136 valence electrons. The van der Waals surface area contributed by atoms with Crippen LogP contribution in [0.4, 0.5) is 5.82 Å². The first kappa shape index (κ1) is 16.6. The van der Waals surface area contributed by atoms with Crippen molar-refractivity contribution in [1.29, 1.82) is 0 Å². The van der Waals surface area contributed by atoms with E-state index in [0.29, 0.717) is 12.4 Å². The van der Waals surface area contributed by atoms with Gasteiger partial charge in [0.1, 0.15) is 16.3 Å². The lowest BCUT2D eigenvalue weighted by atomic mass is 10.1. The number of pyridine rings is 1. The molecule has 0 amide bonds. The fourth-order valence-electron chi connectivity index (χ4n) is 2.99. The Kier molecular flexibility index (Phi) is 4.27. The fourth-order valence-corrected chi connectivity index (χ4v) is 3.75. The number of nitrogens with one attached hydrogen (secondary N) is 2. The van der Waals surface area contributed by atoms with Crippen LogP contribution in [0.3, 0.4) is 0 Å². The second-order valence-electron chi connectivity index (χ2n) is 6.25. The highest BCUT2D eigenvalue weighted by atomic mass is 32.1. The van der Waals surface area contributed by atoms with Crippen molar-refractivity contribution in [3.63, 3.8) is 0 Å². The van der Waals surface area contributed by atoms with Crippen molar-refractivity contribution < 1.29 is 0 Å². The van der Waals surface area contributed by atoms with Crippen LogP contribution in [-0.2, 0) is 6.54 Å². The number of thiophene rings is 1. The number of hydrogen-bond donors (Lipinski definition) is 2. The van der Waals surface area contributed by atoms with Gasteiger partial charge in [0.05, 0.1) is 23.3 Å². The molecule has 1 aromatic carbocycles. The highest BCUT2D eigenvalue weighted by Crippen LogP contribution is 2.28. The van der Waals surface area contributed by atoms with Gasteiger partial charge in [-0.05, 0) is 29.6 Å². The van der Waals surface area contributed by atoms with E-state index in [9.17, 15) is 0 Å². The van der Waals surface area contributed by atoms with E-state index >= 15 is 0 Å². The molecular weight excluding hydrogens is 368 g/mol. The number of nitrogens with zero attached hydrogens (tertiary/aromatic N) is 4. The Bertz CT molecular complexity index is 1210. The van der Waals surface area contributed by atoms with E-state index in [1.807, 2.05) is 66.0 Å². The first-order valence-electron chi connectivity index (χ1n) is 8.87. The maximum Gasteiger partial charge on any atom is 0.181 e. The molecule has 0 aliphatic heterocycles. The third-order valence-electron chi connectivity index (χ3n) is 4.37. The number of hydrogen-bond acceptors (Lipinski definition) is 6. The first-order chi connectivity index (χ1) is 13.9. The third kappa shape index (κ3) is 3.23. The highest BCUT2D eigenvalue weighted by Gasteiger charge is 2.12. The van der Waals surface area contributed by atoms with Gasteiger partial charge in [0, 0.05) is 11.8 Å². The molecule has 0 atom stereocenters. The lowest BCUT2D eigenvalue weighted by Crippen LogP contribution is -2.04. The topological polar surface area (TPSA) is 79.4 Å². The van der Waals surface area contributed by atoms with Crippen LogP contribution in [0.25, 0.3) is 33.0 Å². The standard InChI is InChI=1S/C21H16N6S/c1-2-6-14(7-3-1)18-12-15(26-27-18)13-23-19-16-9-11-28-21(16)25-20(24-19)17-8-4-5-10-22-17/h1-12H,13H2,(H,26,27)(H,23,24,25). The molecule has 5 aromatic rings. The van der Waals surface area contributed by atoms with Gasteiger partial charge in [-0.15, -0.1) is 11.3 Å². The van der Waals surface area contributed by atoms with Gasteiger partial charge in [-0.25, -0.2) is 9.97 Å². The molecule has 4 aromatic heterocycles. The summed E-state index contributed by atoms with van der Waals surface area (Å²) in [6, 6.07) is 19.9. The van der Waals surface area contributed by atoms with Crippen LogP contribution < -0.4 is 5.32 Å². The normalized spacial score (nSPS) is 11.0. The molecule has 0 spiro atoms. The van der Waals surface area contributed by atoms with Crippen molar-refractivity contribution in [1.82, 2.24) is 25.1 Å². The molecule has 0 aliphatic carbocycles. The SMILES string of the molecule is c1ccc(-c2cc(CNc3nc(-c4ccccn4)nc4sccc34)[nH]n2)cc1. The minimum atomic E-state index is 0.587. The maximum absolute atomic E-state index is 4.71. The predicted molar refractivity (Wildman–Crippen MR) is 112 cm³/mol. The number of anilines is 1. The summed E-state index contributed by atoms with van der Waals surface area (Å²) in [5.41, 5.74) is 3.76. The molecule has 0 fully saturated rings.